The molecule has 156 valence electrons. The summed E-state index contributed by atoms with van der Waals surface area (Å²) in [6.07, 6.45) is 0.994. The fraction of sp³-hybridized carbons (Fsp3) is 0.273. The number of aryl methyl sites for hydroxylation is 1. The number of carbonyl (C=O) groups excluding carboxylic acids is 2. The lowest BCUT2D eigenvalue weighted by Crippen LogP contribution is -2.28. The van der Waals surface area contributed by atoms with Gasteiger partial charge in [0.05, 0.1) is 18.0 Å². The zero-order valence-electron chi connectivity index (χ0n) is 16.6. The standard InChI is InChI=1S/C22H23N3O5/c1-29-18-10-5-2-7-15(18)13-23-20(26)14-30-21(27)12-6-11-19-24-17-9-4-3-8-16(17)22(28)25-19/h2-5,7-10H,6,11-14H2,1H3,(H,23,26)(H,24,25,28). The number of hydrogen-bond acceptors (Lipinski definition) is 6. The first-order valence-electron chi connectivity index (χ1n) is 9.59. The number of nitrogens with one attached hydrogen (secondary N) is 2. The summed E-state index contributed by atoms with van der Waals surface area (Å²) in [7, 11) is 1.56. The maximum absolute atomic E-state index is 12.0. The second kappa shape index (κ2) is 10.2. The van der Waals surface area contributed by atoms with Crippen molar-refractivity contribution in [3.63, 3.8) is 0 Å². The average molecular weight is 409 g/mol. The monoisotopic (exact) mass is 409 g/mol. The van der Waals surface area contributed by atoms with E-state index in [-0.39, 0.29) is 25.1 Å². The molecule has 0 aliphatic carbocycles. The van der Waals surface area contributed by atoms with Crippen molar-refractivity contribution in [1.29, 1.82) is 0 Å². The van der Waals surface area contributed by atoms with E-state index in [1.54, 1.807) is 31.4 Å². The fourth-order valence-electron chi connectivity index (χ4n) is 2.97. The van der Waals surface area contributed by atoms with Crippen LogP contribution in [-0.2, 0) is 27.3 Å². The number of benzene rings is 2. The van der Waals surface area contributed by atoms with E-state index in [1.165, 1.54) is 0 Å². The van der Waals surface area contributed by atoms with E-state index in [2.05, 4.69) is 15.3 Å². The Morgan fingerprint density at radius 2 is 1.87 bits per heavy atom. The van der Waals surface area contributed by atoms with E-state index in [9.17, 15) is 14.4 Å². The summed E-state index contributed by atoms with van der Waals surface area (Å²) in [5.74, 6) is 0.316. The van der Waals surface area contributed by atoms with Gasteiger partial charge in [0.25, 0.3) is 11.5 Å². The van der Waals surface area contributed by atoms with Crippen LogP contribution in [0, 0.1) is 0 Å². The van der Waals surface area contributed by atoms with Gasteiger partial charge < -0.3 is 19.8 Å². The van der Waals surface area contributed by atoms with Crippen LogP contribution in [0.3, 0.4) is 0 Å². The summed E-state index contributed by atoms with van der Waals surface area (Å²) >= 11 is 0. The summed E-state index contributed by atoms with van der Waals surface area (Å²) in [4.78, 5) is 42.9. The average Bonchev–Trinajstić information content (AvgIpc) is 2.76. The molecule has 1 amide bonds. The van der Waals surface area contributed by atoms with Crippen molar-refractivity contribution in [2.24, 2.45) is 0 Å². The maximum Gasteiger partial charge on any atom is 0.306 e. The van der Waals surface area contributed by atoms with Crippen molar-refractivity contribution in [2.45, 2.75) is 25.8 Å². The van der Waals surface area contributed by atoms with Crippen LogP contribution < -0.4 is 15.6 Å². The predicted molar refractivity (Wildman–Crippen MR) is 111 cm³/mol. The Morgan fingerprint density at radius 3 is 2.70 bits per heavy atom. The van der Waals surface area contributed by atoms with Crippen LogP contribution in [0.15, 0.2) is 53.3 Å². The van der Waals surface area contributed by atoms with Gasteiger partial charge in [-0.15, -0.1) is 0 Å². The smallest absolute Gasteiger partial charge is 0.306 e. The van der Waals surface area contributed by atoms with Gasteiger partial charge in [-0.3, -0.25) is 14.4 Å². The molecule has 1 heterocycles. The Morgan fingerprint density at radius 1 is 1.10 bits per heavy atom. The van der Waals surface area contributed by atoms with E-state index < -0.39 is 11.9 Å². The van der Waals surface area contributed by atoms with Gasteiger partial charge in [0.2, 0.25) is 0 Å². The molecule has 8 heteroatoms. The van der Waals surface area contributed by atoms with Crippen LogP contribution >= 0.6 is 0 Å². The number of ether oxygens (including phenoxy) is 2. The number of amides is 1. The first-order valence-corrected chi connectivity index (χ1v) is 9.59. The van der Waals surface area contributed by atoms with Gasteiger partial charge in [-0.05, 0) is 24.6 Å². The molecule has 0 aliphatic heterocycles. The molecule has 0 fully saturated rings. The summed E-state index contributed by atoms with van der Waals surface area (Å²) in [6, 6.07) is 14.4. The Labute approximate surface area is 173 Å². The van der Waals surface area contributed by atoms with E-state index in [4.69, 9.17) is 9.47 Å². The molecule has 0 bridgehead atoms. The molecule has 0 unspecified atom stereocenters. The number of aromatic amines is 1. The molecule has 0 atom stereocenters. The molecule has 30 heavy (non-hydrogen) atoms. The highest BCUT2D eigenvalue weighted by Crippen LogP contribution is 2.16. The largest absolute Gasteiger partial charge is 0.496 e. The third-order valence-corrected chi connectivity index (χ3v) is 4.49. The lowest BCUT2D eigenvalue weighted by Gasteiger charge is -2.10. The molecule has 1 aromatic heterocycles. The van der Waals surface area contributed by atoms with E-state index >= 15 is 0 Å². The molecular weight excluding hydrogens is 386 g/mol. The minimum absolute atomic E-state index is 0.121. The number of fused-ring (bicyclic) bond motifs is 1. The Bertz CT molecular complexity index is 1090. The van der Waals surface area contributed by atoms with Crippen LogP contribution in [0.2, 0.25) is 0 Å². The van der Waals surface area contributed by atoms with Crippen LogP contribution in [0.25, 0.3) is 10.9 Å². The second-order valence-electron chi connectivity index (χ2n) is 6.63. The summed E-state index contributed by atoms with van der Waals surface area (Å²) in [6.45, 7) is -0.0690. The minimum Gasteiger partial charge on any atom is -0.496 e. The van der Waals surface area contributed by atoms with Gasteiger partial charge in [0.15, 0.2) is 6.61 Å². The van der Waals surface area contributed by atoms with E-state index in [0.717, 1.165) is 5.56 Å². The summed E-state index contributed by atoms with van der Waals surface area (Å²) in [5.41, 5.74) is 1.24. The van der Waals surface area contributed by atoms with Crippen molar-refractivity contribution in [3.8, 4) is 5.75 Å². The summed E-state index contributed by atoms with van der Waals surface area (Å²) < 4.78 is 10.2. The van der Waals surface area contributed by atoms with E-state index in [0.29, 0.717) is 35.3 Å². The lowest BCUT2D eigenvalue weighted by atomic mass is 10.2. The maximum atomic E-state index is 12.0. The number of esters is 1. The molecule has 3 aromatic rings. The van der Waals surface area contributed by atoms with Crippen molar-refractivity contribution >= 4 is 22.8 Å². The highest BCUT2D eigenvalue weighted by atomic mass is 16.5. The third kappa shape index (κ3) is 5.66. The number of methoxy groups -OCH3 is 1. The van der Waals surface area contributed by atoms with Gasteiger partial charge >= 0.3 is 5.97 Å². The summed E-state index contributed by atoms with van der Waals surface area (Å²) in [5, 5.41) is 3.22. The van der Waals surface area contributed by atoms with Gasteiger partial charge in [-0.1, -0.05) is 30.3 Å². The van der Waals surface area contributed by atoms with Crippen molar-refractivity contribution in [2.75, 3.05) is 13.7 Å². The van der Waals surface area contributed by atoms with E-state index in [1.807, 2.05) is 24.3 Å². The number of nitrogens with zero attached hydrogens (tertiary/aromatic N) is 1. The quantitative estimate of drug-likeness (QED) is 0.524. The SMILES string of the molecule is COc1ccccc1CNC(=O)COC(=O)CCCc1nc2ccccc2c(=O)[nH]1. The predicted octanol–water partition coefficient (Wildman–Crippen LogP) is 2.11. The molecule has 8 nitrogen and oxygen atoms in total. The fourth-order valence-corrected chi connectivity index (χ4v) is 2.97. The van der Waals surface area contributed by atoms with Gasteiger partial charge in [-0.25, -0.2) is 4.98 Å². The van der Waals surface area contributed by atoms with Gasteiger partial charge in [-0.2, -0.15) is 0 Å². The Balaban J connectivity index is 1.40. The van der Waals surface area contributed by atoms with Crippen molar-refractivity contribution < 1.29 is 19.1 Å². The molecule has 0 spiro atoms. The molecule has 0 radical (unpaired) electrons. The Kier molecular flexibility index (Phi) is 7.15. The van der Waals surface area contributed by atoms with Gasteiger partial charge in [0.1, 0.15) is 11.6 Å². The number of hydrogen-bond donors (Lipinski definition) is 2. The van der Waals surface area contributed by atoms with Crippen LogP contribution in [0.1, 0.15) is 24.2 Å². The number of aromatic nitrogens is 2. The number of H-pyrrole nitrogens is 1. The normalized spacial score (nSPS) is 10.6. The van der Waals surface area contributed by atoms with Crippen molar-refractivity contribution in [1.82, 2.24) is 15.3 Å². The highest BCUT2D eigenvalue weighted by molar-refractivity contribution is 5.80. The molecule has 0 saturated heterocycles. The van der Waals surface area contributed by atoms with Crippen LogP contribution in [0.5, 0.6) is 5.75 Å². The lowest BCUT2D eigenvalue weighted by molar-refractivity contribution is -0.148. The molecular formula is C22H23N3O5. The highest BCUT2D eigenvalue weighted by Gasteiger charge is 2.10. The van der Waals surface area contributed by atoms with Gasteiger partial charge in [0, 0.05) is 24.9 Å². The van der Waals surface area contributed by atoms with Crippen LogP contribution in [-0.4, -0.2) is 35.6 Å². The molecule has 3 rings (SSSR count). The number of rotatable bonds is 9. The number of para-hydroxylation sites is 2. The second-order valence-corrected chi connectivity index (χ2v) is 6.63. The van der Waals surface area contributed by atoms with Crippen LogP contribution in [0.4, 0.5) is 0 Å². The zero-order valence-corrected chi connectivity index (χ0v) is 16.6. The molecule has 2 N–H and O–H groups in total. The first-order chi connectivity index (χ1) is 14.6. The molecule has 2 aromatic carbocycles. The Hall–Kier alpha value is -3.68. The minimum atomic E-state index is -0.481. The topological polar surface area (TPSA) is 110 Å². The number of carbonyl (C=O) groups is 2. The third-order valence-electron chi connectivity index (χ3n) is 4.49. The molecule has 0 aliphatic rings. The van der Waals surface area contributed by atoms with Crippen molar-refractivity contribution in [3.05, 3.63) is 70.3 Å². The first kappa shape index (κ1) is 21.0. The zero-order chi connectivity index (χ0) is 21.3. The molecule has 0 saturated carbocycles.